The van der Waals surface area contributed by atoms with Gasteiger partial charge in [0.1, 0.15) is 22.5 Å². The zero-order valence-electron chi connectivity index (χ0n) is 17.2. The van der Waals surface area contributed by atoms with Crippen molar-refractivity contribution >= 4 is 11.0 Å². The van der Waals surface area contributed by atoms with E-state index in [0.717, 1.165) is 0 Å². The normalized spacial score (nSPS) is 10.9. The van der Waals surface area contributed by atoms with E-state index in [0.29, 0.717) is 5.56 Å². The third-order valence-corrected chi connectivity index (χ3v) is 4.12. The third-order valence-electron chi connectivity index (χ3n) is 4.12. The van der Waals surface area contributed by atoms with E-state index in [4.69, 9.17) is 32.8 Å². The Morgan fingerprint density at radius 1 is 0.839 bits per heavy atom. The molecule has 0 amide bonds. The molecule has 0 bridgehead atoms. The maximum absolute atomic E-state index is 13.1. The van der Waals surface area contributed by atoms with Crippen molar-refractivity contribution in [3.63, 3.8) is 0 Å². The van der Waals surface area contributed by atoms with Gasteiger partial charge in [0, 0.05) is 39.0 Å². The zero-order valence-corrected chi connectivity index (χ0v) is 17.2. The van der Waals surface area contributed by atoms with Crippen LogP contribution < -0.4 is 19.6 Å². The standard InChI is InChI=1S/C21H22O10/c1-25-9-28-13-7-15(23)18-17(8-13)31-20(21(19(18)24)30-11-27-3)12-4-5-16(14(22)6-12)29-10-26-2/h4-8,22-23H,9-11H2,1-3H3. The minimum atomic E-state index is -0.622. The van der Waals surface area contributed by atoms with Crippen molar-refractivity contribution in [1.82, 2.24) is 0 Å². The third kappa shape index (κ3) is 4.82. The Balaban J connectivity index is 2.18. The first kappa shape index (κ1) is 22.2. The summed E-state index contributed by atoms with van der Waals surface area (Å²) in [6.45, 7) is -0.350. The summed E-state index contributed by atoms with van der Waals surface area (Å²) in [6.07, 6.45) is 0. The number of benzene rings is 2. The highest BCUT2D eigenvalue weighted by Crippen LogP contribution is 2.38. The zero-order chi connectivity index (χ0) is 22.4. The van der Waals surface area contributed by atoms with Crippen LogP contribution in [0.5, 0.6) is 28.7 Å². The van der Waals surface area contributed by atoms with Gasteiger partial charge >= 0.3 is 0 Å². The molecule has 0 aliphatic heterocycles. The van der Waals surface area contributed by atoms with Crippen LogP contribution in [0.1, 0.15) is 0 Å². The number of rotatable bonds is 10. The molecule has 0 atom stereocenters. The van der Waals surface area contributed by atoms with Gasteiger partial charge in [0.25, 0.3) is 0 Å². The van der Waals surface area contributed by atoms with Crippen LogP contribution in [0.3, 0.4) is 0 Å². The average Bonchev–Trinajstić information content (AvgIpc) is 2.75. The molecule has 0 saturated carbocycles. The molecular formula is C21H22O10. The molecule has 1 heterocycles. The monoisotopic (exact) mass is 434 g/mol. The summed E-state index contributed by atoms with van der Waals surface area (Å²) in [5, 5.41) is 20.6. The van der Waals surface area contributed by atoms with Crippen LogP contribution in [0, 0.1) is 0 Å². The number of aromatic hydroxyl groups is 2. The van der Waals surface area contributed by atoms with Crippen LogP contribution in [-0.4, -0.2) is 51.9 Å². The lowest BCUT2D eigenvalue weighted by molar-refractivity contribution is 0.0490. The Hall–Kier alpha value is -3.47. The van der Waals surface area contributed by atoms with E-state index in [1.54, 1.807) is 6.07 Å². The lowest BCUT2D eigenvalue weighted by Gasteiger charge is -2.14. The number of ether oxygens (including phenoxy) is 6. The molecule has 166 valence electrons. The summed E-state index contributed by atoms with van der Waals surface area (Å²) >= 11 is 0. The van der Waals surface area contributed by atoms with Crippen LogP contribution in [-0.2, 0) is 14.2 Å². The molecule has 10 nitrogen and oxygen atoms in total. The molecule has 0 fully saturated rings. The Bertz CT molecular complexity index is 1110. The smallest absolute Gasteiger partial charge is 0.239 e. The Labute approximate surface area is 177 Å². The van der Waals surface area contributed by atoms with Gasteiger partial charge < -0.3 is 43.1 Å². The lowest BCUT2D eigenvalue weighted by Crippen LogP contribution is -2.12. The van der Waals surface area contributed by atoms with Gasteiger partial charge in [-0.3, -0.25) is 4.79 Å². The van der Waals surface area contributed by atoms with E-state index in [9.17, 15) is 15.0 Å². The molecule has 0 saturated heterocycles. The fraction of sp³-hybridized carbons (Fsp3) is 0.286. The highest BCUT2D eigenvalue weighted by molar-refractivity contribution is 5.88. The van der Waals surface area contributed by atoms with Gasteiger partial charge in [-0.2, -0.15) is 0 Å². The predicted molar refractivity (Wildman–Crippen MR) is 109 cm³/mol. The maximum atomic E-state index is 13.1. The summed E-state index contributed by atoms with van der Waals surface area (Å²) in [6, 6.07) is 7.11. The van der Waals surface area contributed by atoms with Gasteiger partial charge in [0.2, 0.25) is 11.2 Å². The topological polar surface area (TPSA) is 126 Å². The first-order valence-electron chi connectivity index (χ1n) is 9.02. The van der Waals surface area contributed by atoms with E-state index >= 15 is 0 Å². The number of hydrogen-bond acceptors (Lipinski definition) is 10. The number of methoxy groups -OCH3 is 3. The SMILES string of the molecule is COCOc1cc(O)c2c(=O)c(OCOC)c(-c3ccc(OCOC)c(O)c3)oc2c1. The second-order valence-corrected chi connectivity index (χ2v) is 6.24. The van der Waals surface area contributed by atoms with Gasteiger partial charge in [-0.25, -0.2) is 0 Å². The predicted octanol–water partition coefficient (Wildman–Crippen LogP) is 2.82. The minimum Gasteiger partial charge on any atom is -0.507 e. The summed E-state index contributed by atoms with van der Waals surface area (Å²) in [4.78, 5) is 13.1. The Morgan fingerprint density at radius 2 is 1.52 bits per heavy atom. The molecule has 3 aromatic rings. The number of fused-ring (bicyclic) bond motifs is 1. The van der Waals surface area contributed by atoms with Gasteiger partial charge in [-0.15, -0.1) is 0 Å². The second kappa shape index (κ2) is 10.0. The van der Waals surface area contributed by atoms with E-state index < -0.39 is 5.43 Å². The number of phenols is 2. The first-order valence-corrected chi connectivity index (χ1v) is 9.02. The fourth-order valence-corrected chi connectivity index (χ4v) is 2.81. The largest absolute Gasteiger partial charge is 0.507 e. The van der Waals surface area contributed by atoms with Crippen molar-refractivity contribution < 1.29 is 43.1 Å². The van der Waals surface area contributed by atoms with Gasteiger partial charge in [0.15, 0.2) is 37.6 Å². The molecule has 0 aliphatic rings. The molecule has 0 radical (unpaired) electrons. The van der Waals surface area contributed by atoms with Crippen molar-refractivity contribution in [2.45, 2.75) is 0 Å². The second-order valence-electron chi connectivity index (χ2n) is 6.24. The maximum Gasteiger partial charge on any atom is 0.239 e. The van der Waals surface area contributed by atoms with Crippen molar-refractivity contribution in [2.75, 3.05) is 41.7 Å². The van der Waals surface area contributed by atoms with Crippen LogP contribution >= 0.6 is 0 Å². The van der Waals surface area contributed by atoms with Gasteiger partial charge in [0.05, 0.1) is 0 Å². The molecule has 3 rings (SSSR count). The number of hydrogen-bond donors (Lipinski definition) is 2. The van der Waals surface area contributed by atoms with Gasteiger partial charge in [-0.1, -0.05) is 0 Å². The lowest BCUT2D eigenvalue weighted by atomic mass is 10.1. The van der Waals surface area contributed by atoms with Crippen LogP contribution in [0.4, 0.5) is 0 Å². The molecule has 0 spiro atoms. The molecule has 1 aromatic heterocycles. The first-order chi connectivity index (χ1) is 15.0. The summed E-state index contributed by atoms with van der Waals surface area (Å²) < 4.78 is 36.5. The Kier molecular flexibility index (Phi) is 7.19. The summed E-state index contributed by atoms with van der Waals surface area (Å²) in [5.41, 5.74) is -0.242. The van der Waals surface area contributed by atoms with E-state index in [2.05, 4.69) is 0 Å². The number of phenolic OH excluding ortho intramolecular Hbond substituents is 2. The quantitative estimate of drug-likeness (QED) is 0.460. The Morgan fingerprint density at radius 3 is 2.19 bits per heavy atom. The van der Waals surface area contributed by atoms with Crippen molar-refractivity contribution in [3.05, 3.63) is 40.6 Å². The van der Waals surface area contributed by atoms with Crippen LogP contribution in [0.2, 0.25) is 0 Å². The highest BCUT2D eigenvalue weighted by atomic mass is 16.7. The molecule has 0 aliphatic carbocycles. The minimum absolute atomic E-state index is 0.0198. The molecule has 2 aromatic carbocycles. The molecule has 2 N–H and O–H groups in total. The molecule has 31 heavy (non-hydrogen) atoms. The average molecular weight is 434 g/mol. The summed E-state index contributed by atoms with van der Waals surface area (Å²) in [7, 11) is 4.30. The fourth-order valence-electron chi connectivity index (χ4n) is 2.81. The highest BCUT2D eigenvalue weighted by Gasteiger charge is 2.22. The van der Waals surface area contributed by atoms with E-state index in [1.165, 1.54) is 45.6 Å². The van der Waals surface area contributed by atoms with E-state index in [-0.39, 0.29) is 65.9 Å². The molecule has 10 heteroatoms. The van der Waals surface area contributed by atoms with Crippen molar-refractivity contribution in [1.29, 1.82) is 0 Å². The van der Waals surface area contributed by atoms with Crippen LogP contribution in [0.25, 0.3) is 22.3 Å². The molecular weight excluding hydrogens is 412 g/mol. The van der Waals surface area contributed by atoms with Gasteiger partial charge in [-0.05, 0) is 18.2 Å². The van der Waals surface area contributed by atoms with Crippen molar-refractivity contribution in [2.24, 2.45) is 0 Å². The summed E-state index contributed by atoms with van der Waals surface area (Å²) in [5.74, 6) is -0.308. The van der Waals surface area contributed by atoms with Crippen LogP contribution in [0.15, 0.2) is 39.5 Å². The van der Waals surface area contributed by atoms with Crippen molar-refractivity contribution in [3.8, 4) is 40.1 Å². The molecule has 0 unspecified atom stereocenters. The van der Waals surface area contributed by atoms with E-state index in [1.807, 2.05) is 0 Å².